The number of phenols is 1. The smallest absolute Gasteiger partial charge is 0.335 e. The van der Waals surface area contributed by atoms with Crippen molar-refractivity contribution in [3.8, 4) is 11.5 Å². The first-order valence-corrected chi connectivity index (χ1v) is 4.77. The maximum Gasteiger partial charge on any atom is 0.335 e. The van der Waals surface area contributed by atoms with E-state index in [-0.39, 0.29) is 38.5 Å². The van der Waals surface area contributed by atoms with Crippen molar-refractivity contribution in [3.63, 3.8) is 0 Å². The molecule has 0 fully saturated rings. The van der Waals surface area contributed by atoms with Gasteiger partial charge in [0, 0.05) is 49.6 Å². The minimum Gasteiger partial charge on any atom is -0.507 e. The van der Waals surface area contributed by atoms with E-state index in [2.05, 4.69) is 6.58 Å². The first-order chi connectivity index (χ1) is 7.72. The number of aromatic hydroxyl groups is 1. The fourth-order valence-corrected chi connectivity index (χ4v) is 1.50. The molecule has 0 aliphatic rings. The number of benzene rings is 2. The molecule has 1 N–H and O–H groups in total. The minimum atomic E-state index is -0.518. The van der Waals surface area contributed by atoms with Crippen molar-refractivity contribution in [2.24, 2.45) is 0 Å². The Labute approximate surface area is 124 Å². The van der Waals surface area contributed by atoms with Gasteiger partial charge in [0.2, 0.25) is 0 Å². The molecule has 0 amide bonds. The second-order valence-electron chi connectivity index (χ2n) is 3.25. The van der Waals surface area contributed by atoms with E-state index in [0.717, 1.165) is 6.08 Å². The van der Waals surface area contributed by atoms with E-state index in [1.54, 1.807) is 36.4 Å². The van der Waals surface area contributed by atoms with Crippen molar-refractivity contribution in [1.82, 2.24) is 0 Å². The van der Waals surface area contributed by atoms with Gasteiger partial charge in [0.25, 0.3) is 0 Å². The molecule has 4 heteroatoms. The van der Waals surface area contributed by atoms with Crippen LogP contribution in [-0.4, -0.2) is 11.1 Å². The third-order valence-corrected chi connectivity index (χ3v) is 2.24. The maximum absolute atomic E-state index is 11.1. The summed E-state index contributed by atoms with van der Waals surface area (Å²) in [5, 5.41) is 11.0. The van der Waals surface area contributed by atoms with Gasteiger partial charge in [-0.15, -0.1) is 0 Å². The Morgan fingerprint density at radius 1 is 1.18 bits per heavy atom. The maximum atomic E-state index is 11.1. The summed E-state index contributed by atoms with van der Waals surface area (Å²) in [6.07, 6.45) is 1.10. The quantitative estimate of drug-likeness (QED) is 0.527. The third-order valence-electron chi connectivity index (χ3n) is 2.24. The van der Waals surface area contributed by atoms with Crippen molar-refractivity contribution in [2.45, 2.75) is 0 Å². The van der Waals surface area contributed by atoms with Crippen LogP contribution in [0.15, 0.2) is 49.1 Å². The number of carbonyl (C=O) groups is 1. The van der Waals surface area contributed by atoms with E-state index >= 15 is 0 Å². The van der Waals surface area contributed by atoms with E-state index in [4.69, 9.17) is 4.74 Å². The molecule has 0 saturated heterocycles. The third kappa shape index (κ3) is 2.93. The Morgan fingerprint density at radius 3 is 2.53 bits per heavy atom. The van der Waals surface area contributed by atoms with E-state index in [1.165, 1.54) is 0 Å². The van der Waals surface area contributed by atoms with Crippen LogP contribution in [0, 0.1) is 0 Å². The molecule has 2 aromatic rings. The van der Waals surface area contributed by atoms with Crippen LogP contribution in [0.2, 0.25) is 0 Å². The van der Waals surface area contributed by atoms with Crippen molar-refractivity contribution in [1.29, 1.82) is 0 Å². The Kier molecular flexibility index (Phi) is 4.85. The number of hydrogen-bond acceptors (Lipinski definition) is 3. The predicted molar refractivity (Wildman–Crippen MR) is 61.4 cm³/mol. The number of esters is 1. The molecule has 3 nitrogen and oxygen atoms in total. The molecule has 0 aromatic heterocycles. The van der Waals surface area contributed by atoms with Gasteiger partial charge in [-0.3, -0.25) is 0 Å². The number of rotatable bonds is 2. The first-order valence-electron chi connectivity index (χ1n) is 4.77. The van der Waals surface area contributed by atoms with Crippen LogP contribution in [-0.2, 0) is 37.5 Å². The van der Waals surface area contributed by atoms with E-state index in [9.17, 15) is 9.90 Å². The van der Waals surface area contributed by atoms with Crippen LogP contribution in [0.25, 0.3) is 10.8 Å². The molecule has 0 unspecified atom stereocenters. The second-order valence-corrected chi connectivity index (χ2v) is 3.25. The van der Waals surface area contributed by atoms with Gasteiger partial charge >= 0.3 is 5.97 Å². The summed E-state index contributed by atoms with van der Waals surface area (Å²) < 4.78 is 5.06. The predicted octanol–water partition coefficient (Wildman–Crippen LogP) is 2.63. The second kappa shape index (κ2) is 5.94. The van der Waals surface area contributed by atoms with Crippen LogP contribution >= 0.6 is 0 Å². The molecule has 0 aliphatic heterocycles. The zero-order valence-corrected chi connectivity index (χ0v) is 11.9. The van der Waals surface area contributed by atoms with Gasteiger partial charge in [-0.05, 0) is 12.1 Å². The van der Waals surface area contributed by atoms with Crippen LogP contribution in [0.5, 0.6) is 11.5 Å². The van der Waals surface area contributed by atoms with Gasteiger partial charge < -0.3 is 9.84 Å². The standard InChI is InChI=1S/C13H10O3.Y/c1-2-13(15)16-12-8-4-5-9-10(12)6-3-7-11(9)14;/h2-8,14H,1H2;. The molecule has 0 aliphatic carbocycles. The summed E-state index contributed by atoms with van der Waals surface area (Å²) in [6.45, 7) is 3.33. The first kappa shape index (κ1) is 13.9. The van der Waals surface area contributed by atoms with Crippen LogP contribution in [0.3, 0.4) is 0 Å². The van der Waals surface area contributed by atoms with Crippen LogP contribution < -0.4 is 4.74 Å². The fraction of sp³-hybridized carbons (Fsp3) is 0. The topological polar surface area (TPSA) is 46.5 Å². The van der Waals surface area contributed by atoms with Gasteiger partial charge in [-0.2, -0.15) is 0 Å². The van der Waals surface area contributed by atoms with Gasteiger partial charge in [-0.25, -0.2) is 4.79 Å². The minimum absolute atomic E-state index is 0. The Bertz CT molecular complexity index is 564. The number of ether oxygens (including phenoxy) is 1. The number of phenolic OH excluding ortho intramolecular Hbond substituents is 1. The number of fused-ring (bicyclic) bond motifs is 1. The van der Waals surface area contributed by atoms with Crippen LogP contribution in [0.4, 0.5) is 0 Å². The average Bonchev–Trinajstić information content (AvgIpc) is 2.30. The summed E-state index contributed by atoms with van der Waals surface area (Å²) in [5.74, 6) is 0.0585. The molecule has 0 saturated carbocycles. The van der Waals surface area contributed by atoms with Gasteiger partial charge in [0.15, 0.2) is 0 Å². The number of carbonyl (C=O) groups excluding carboxylic acids is 1. The molecule has 0 bridgehead atoms. The van der Waals surface area contributed by atoms with E-state index in [1.807, 2.05) is 0 Å². The summed E-state index contributed by atoms with van der Waals surface area (Å²) in [5.41, 5.74) is 0. The van der Waals surface area contributed by atoms with Gasteiger partial charge in [0.1, 0.15) is 11.5 Å². The van der Waals surface area contributed by atoms with Crippen LogP contribution in [0.1, 0.15) is 0 Å². The summed E-state index contributed by atoms with van der Waals surface area (Å²) in [6, 6.07) is 10.2. The molecule has 2 rings (SSSR count). The molecule has 1 radical (unpaired) electrons. The Morgan fingerprint density at radius 2 is 1.82 bits per heavy atom. The molecule has 0 heterocycles. The zero-order valence-electron chi connectivity index (χ0n) is 9.09. The Hall–Kier alpha value is -1.19. The van der Waals surface area contributed by atoms with E-state index < -0.39 is 5.97 Å². The average molecular weight is 303 g/mol. The fourth-order valence-electron chi connectivity index (χ4n) is 1.50. The number of hydrogen-bond donors (Lipinski definition) is 1. The molecule has 2 aromatic carbocycles. The summed E-state index contributed by atoms with van der Waals surface area (Å²) in [7, 11) is 0. The van der Waals surface area contributed by atoms with Crippen molar-refractivity contribution in [2.75, 3.05) is 0 Å². The molecule has 0 spiro atoms. The monoisotopic (exact) mass is 303 g/mol. The van der Waals surface area contributed by atoms with Gasteiger partial charge in [0.05, 0.1) is 0 Å². The molecule has 83 valence electrons. The SMILES string of the molecule is C=CC(=O)Oc1cccc2c(O)cccc12.[Y]. The zero-order chi connectivity index (χ0) is 11.5. The van der Waals surface area contributed by atoms with Gasteiger partial charge in [-0.1, -0.05) is 30.8 Å². The molecular weight excluding hydrogens is 293 g/mol. The van der Waals surface area contributed by atoms with E-state index in [0.29, 0.717) is 16.5 Å². The molecular formula is C13H10O3Y. The van der Waals surface area contributed by atoms with Crippen molar-refractivity contribution in [3.05, 3.63) is 49.1 Å². The normalized spacial score (nSPS) is 9.41. The summed E-state index contributed by atoms with van der Waals surface area (Å²) >= 11 is 0. The summed E-state index contributed by atoms with van der Waals surface area (Å²) in [4.78, 5) is 11.1. The van der Waals surface area contributed by atoms with Crippen molar-refractivity contribution < 1.29 is 47.3 Å². The van der Waals surface area contributed by atoms with Crippen molar-refractivity contribution >= 4 is 16.7 Å². The largest absolute Gasteiger partial charge is 0.507 e. The Balaban J connectivity index is 0.00000144. The molecule has 17 heavy (non-hydrogen) atoms. The molecule has 0 atom stereocenters.